The summed E-state index contributed by atoms with van der Waals surface area (Å²) in [4.78, 5) is 16.9. The van der Waals surface area contributed by atoms with Crippen LogP contribution < -0.4 is 5.73 Å². The van der Waals surface area contributed by atoms with Gasteiger partial charge in [-0.25, -0.2) is 13.8 Å². The van der Waals surface area contributed by atoms with E-state index in [1.807, 2.05) is 30.3 Å². The number of amides is 1. The van der Waals surface area contributed by atoms with Crippen LogP contribution in [0, 0.1) is 11.6 Å². The summed E-state index contributed by atoms with van der Waals surface area (Å²) in [6, 6.07) is 12.3. The normalized spacial score (nSPS) is 19.6. The van der Waals surface area contributed by atoms with E-state index in [0.717, 1.165) is 35.5 Å². The minimum atomic E-state index is -1.09. The second-order valence-corrected chi connectivity index (χ2v) is 8.34. The van der Waals surface area contributed by atoms with Crippen LogP contribution in [0.25, 0.3) is 0 Å². The summed E-state index contributed by atoms with van der Waals surface area (Å²) in [7, 11) is 2.80. The lowest BCUT2D eigenvalue weighted by Gasteiger charge is -2.36. The summed E-state index contributed by atoms with van der Waals surface area (Å²) >= 11 is 1.15. The average Bonchev–Trinajstić information content (AvgIpc) is 3.19. The van der Waals surface area contributed by atoms with Crippen molar-refractivity contribution in [3.63, 3.8) is 0 Å². The number of amidine groups is 1. The number of thioether (sulfide) groups is 1. The lowest BCUT2D eigenvalue weighted by atomic mass is 9.99. The molecule has 32 heavy (non-hydrogen) atoms. The molecule has 170 valence electrons. The fraction of sp³-hybridized carbons (Fsp3) is 0.318. The van der Waals surface area contributed by atoms with E-state index < -0.39 is 28.5 Å². The molecule has 3 rings (SSSR count). The van der Waals surface area contributed by atoms with Gasteiger partial charge in [-0.05, 0) is 37.1 Å². The number of rotatable bonds is 8. The van der Waals surface area contributed by atoms with Crippen molar-refractivity contribution in [3.8, 4) is 0 Å². The Kier molecular flexibility index (Phi) is 7.47. The van der Waals surface area contributed by atoms with E-state index in [-0.39, 0.29) is 29.3 Å². The summed E-state index contributed by atoms with van der Waals surface area (Å²) < 4.78 is 33.7. The number of hydrazone groups is 1. The molecule has 1 aliphatic heterocycles. The van der Waals surface area contributed by atoms with Crippen LogP contribution in [0.3, 0.4) is 0 Å². The predicted molar refractivity (Wildman–Crippen MR) is 120 cm³/mol. The highest BCUT2D eigenvalue weighted by molar-refractivity contribution is 8.15. The Bertz CT molecular complexity index is 1040. The maximum Gasteiger partial charge on any atom is 0.273 e. The topological polar surface area (TPSA) is 89.5 Å². The molecule has 2 unspecified atom stereocenters. The highest BCUT2D eigenvalue weighted by Crippen LogP contribution is 2.51. The van der Waals surface area contributed by atoms with Crippen molar-refractivity contribution >= 4 is 28.5 Å². The molecule has 1 amide bonds. The smallest absolute Gasteiger partial charge is 0.273 e. The fourth-order valence-corrected chi connectivity index (χ4v) is 4.69. The highest BCUT2D eigenvalue weighted by atomic mass is 32.2. The molecular formula is C22H24F2N4O3S. The van der Waals surface area contributed by atoms with Gasteiger partial charge in [-0.2, -0.15) is 5.10 Å². The number of carbonyl (C=O) groups is 1. The van der Waals surface area contributed by atoms with Gasteiger partial charge in [0, 0.05) is 19.1 Å². The van der Waals surface area contributed by atoms with Crippen molar-refractivity contribution in [1.29, 1.82) is 0 Å². The molecule has 1 heterocycles. The maximum atomic E-state index is 14.6. The molecule has 0 fully saturated rings. The number of benzene rings is 2. The molecule has 10 heteroatoms. The molecule has 7 nitrogen and oxygen atoms in total. The van der Waals surface area contributed by atoms with Gasteiger partial charge in [0.25, 0.3) is 5.91 Å². The largest absolute Gasteiger partial charge is 0.398 e. The monoisotopic (exact) mass is 462 g/mol. The van der Waals surface area contributed by atoms with Gasteiger partial charge < -0.3 is 15.3 Å². The van der Waals surface area contributed by atoms with E-state index >= 15 is 0 Å². The summed E-state index contributed by atoms with van der Waals surface area (Å²) in [5.41, 5.74) is 6.64. The van der Waals surface area contributed by atoms with E-state index in [0.29, 0.717) is 0 Å². The first kappa shape index (κ1) is 23.7. The van der Waals surface area contributed by atoms with Crippen LogP contribution in [-0.4, -0.2) is 42.1 Å². The van der Waals surface area contributed by atoms with Gasteiger partial charge in [0.2, 0.25) is 0 Å². The lowest BCUT2D eigenvalue weighted by molar-refractivity contribution is -0.144. The molecule has 0 bridgehead atoms. The van der Waals surface area contributed by atoms with Crippen molar-refractivity contribution in [2.45, 2.75) is 30.7 Å². The molecule has 0 saturated carbocycles. The van der Waals surface area contributed by atoms with Crippen LogP contribution in [0.4, 0.5) is 8.78 Å². The van der Waals surface area contributed by atoms with Crippen LogP contribution in [0.2, 0.25) is 0 Å². The van der Waals surface area contributed by atoms with Crippen LogP contribution in [0.1, 0.15) is 30.9 Å². The second kappa shape index (κ2) is 10.1. The third-order valence-electron chi connectivity index (χ3n) is 5.02. The Morgan fingerprint density at radius 2 is 1.97 bits per heavy atom. The standard InChI is InChI=1S/C22H24F2N4O3S/c1-14(30-2)21(29)28-22(12-11-19(25)27-31-3,15-7-5-4-6-8-15)32-20(26-28)17-13-16(23)9-10-18(17)24/h4-10,13-14H,11-12H2,1-3H3,(H2,25,27). The van der Waals surface area contributed by atoms with Crippen molar-refractivity contribution in [2.75, 3.05) is 14.2 Å². The molecule has 1 aliphatic rings. The number of carbonyl (C=O) groups excluding carboxylic acids is 1. The zero-order chi connectivity index (χ0) is 23.3. The second-order valence-electron chi connectivity index (χ2n) is 7.07. The first-order valence-corrected chi connectivity index (χ1v) is 10.6. The molecule has 0 aromatic heterocycles. The van der Waals surface area contributed by atoms with Gasteiger partial charge in [0.1, 0.15) is 40.6 Å². The van der Waals surface area contributed by atoms with Crippen LogP contribution in [-0.2, 0) is 19.2 Å². The van der Waals surface area contributed by atoms with E-state index in [4.69, 9.17) is 15.3 Å². The Hall–Kier alpha value is -2.98. The molecule has 2 aromatic carbocycles. The lowest BCUT2D eigenvalue weighted by Crippen LogP contribution is -2.46. The van der Waals surface area contributed by atoms with Crippen molar-refractivity contribution in [3.05, 3.63) is 71.3 Å². The molecular weight excluding hydrogens is 438 g/mol. The quantitative estimate of drug-likeness (QED) is 0.366. The molecule has 2 aromatic rings. The summed E-state index contributed by atoms with van der Waals surface area (Å²) in [6.07, 6.45) is -0.272. The first-order chi connectivity index (χ1) is 15.3. The van der Waals surface area contributed by atoms with Crippen molar-refractivity contribution < 1.29 is 23.1 Å². The van der Waals surface area contributed by atoms with Crippen molar-refractivity contribution in [1.82, 2.24) is 5.01 Å². The summed E-state index contributed by atoms with van der Waals surface area (Å²) in [6.45, 7) is 1.60. The summed E-state index contributed by atoms with van der Waals surface area (Å²) in [5, 5.41) is 9.64. The Balaban J connectivity index is 2.15. The number of hydrogen-bond acceptors (Lipinski definition) is 6. The molecule has 2 atom stereocenters. The number of nitrogens with two attached hydrogens (primary N) is 1. The molecule has 0 saturated heterocycles. The van der Waals surface area contributed by atoms with Crippen LogP contribution in [0.5, 0.6) is 0 Å². The molecule has 2 N–H and O–H groups in total. The number of methoxy groups -OCH3 is 1. The van der Waals surface area contributed by atoms with E-state index in [1.165, 1.54) is 19.2 Å². The molecule has 0 aliphatic carbocycles. The Morgan fingerprint density at radius 3 is 2.62 bits per heavy atom. The average molecular weight is 463 g/mol. The zero-order valence-electron chi connectivity index (χ0n) is 17.9. The number of halogens is 2. The third-order valence-corrected chi connectivity index (χ3v) is 6.47. The number of nitrogens with zero attached hydrogens (tertiary/aromatic N) is 3. The first-order valence-electron chi connectivity index (χ1n) is 9.83. The van der Waals surface area contributed by atoms with Gasteiger partial charge in [-0.3, -0.25) is 4.79 Å². The van der Waals surface area contributed by atoms with Gasteiger partial charge in [-0.1, -0.05) is 47.2 Å². The van der Waals surface area contributed by atoms with Crippen LogP contribution in [0.15, 0.2) is 58.8 Å². The van der Waals surface area contributed by atoms with E-state index in [1.54, 1.807) is 6.92 Å². The third kappa shape index (κ3) is 4.76. The summed E-state index contributed by atoms with van der Waals surface area (Å²) in [5.74, 6) is -1.46. The highest BCUT2D eigenvalue weighted by Gasteiger charge is 2.49. The predicted octanol–water partition coefficient (Wildman–Crippen LogP) is 3.79. The van der Waals surface area contributed by atoms with Gasteiger partial charge in [0.05, 0.1) is 0 Å². The minimum Gasteiger partial charge on any atom is -0.398 e. The van der Waals surface area contributed by atoms with Gasteiger partial charge in [0.15, 0.2) is 0 Å². The number of ether oxygens (including phenoxy) is 1. The van der Waals surface area contributed by atoms with Gasteiger partial charge in [-0.15, -0.1) is 0 Å². The number of hydrogen-bond donors (Lipinski definition) is 1. The van der Waals surface area contributed by atoms with Crippen LogP contribution >= 0.6 is 11.8 Å². The SMILES string of the molecule is CON=C(N)CCC1(c2ccccc2)SC(c2cc(F)ccc2F)=NN1C(=O)C(C)OC. The Labute approximate surface area is 189 Å². The Morgan fingerprint density at radius 1 is 1.25 bits per heavy atom. The maximum absolute atomic E-state index is 14.6. The minimum absolute atomic E-state index is 0.0331. The van der Waals surface area contributed by atoms with E-state index in [9.17, 15) is 13.6 Å². The van der Waals surface area contributed by atoms with E-state index in [2.05, 4.69) is 10.3 Å². The molecule has 0 spiro atoms. The molecule has 0 radical (unpaired) electrons. The number of oxime groups is 1. The van der Waals surface area contributed by atoms with Gasteiger partial charge >= 0.3 is 0 Å². The zero-order valence-corrected chi connectivity index (χ0v) is 18.7. The fourth-order valence-electron chi connectivity index (χ4n) is 3.31. The van der Waals surface area contributed by atoms with Crippen molar-refractivity contribution in [2.24, 2.45) is 16.0 Å².